The molecular formula is C59H42N2S. The van der Waals surface area contributed by atoms with Crippen molar-refractivity contribution in [3.63, 3.8) is 0 Å². The molecule has 0 amide bonds. The molecule has 0 bridgehead atoms. The molecule has 8 aromatic carbocycles. The Bertz CT molecular complexity index is 3770. The van der Waals surface area contributed by atoms with Gasteiger partial charge in [0.2, 0.25) is 0 Å². The van der Waals surface area contributed by atoms with Crippen LogP contribution >= 0.6 is 11.3 Å². The second-order valence-electron chi connectivity index (χ2n) is 17.7. The van der Waals surface area contributed by atoms with Crippen LogP contribution in [0, 0.1) is 0 Å². The number of benzene rings is 8. The number of hydrogen-bond donors (Lipinski definition) is 0. The molecule has 3 heteroatoms. The first-order valence-electron chi connectivity index (χ1n) is 22.3. The molecule has 0 saturated carbocycles. The van der Waals surface area contributed by atoms with Gasteiger partial charge in [0.15, 0.2) is 0 Å². The first-order chi connectivity index (χ1) is 30.7. The second kappa shape index (κ2) is 12.8. The van der Waals surface area contributed by atoms with E-state index in [1.165, 1.54) is 131 Å². The number of para-hydroxylation sites is 3. The number of allylic oxidation sites excluding steroid dienone is 3. The van der Waals surface area contributed by atoms with Crippen LogP contribution in [0.15, 0.2) is 175 Å². The maximum Gasteiger partial charge on any atom is 0.0690 e. The Morgan fingerprint density at radius 3 is 1.95 bits per heavy atom. The number of aromatic nitrogens is 2. The van der Waals surface area contributed by atoms with E-state index in [-0.39, 0.29) is 5.92 Å². The summed E-state index contributed by atoms with van der Waals surface area (Å²) >= 11 is 1.99. The number of nitrogens with zero attached hydrogens (tertiary/aromatic N) is 2. The van der Waals surface area contributed by atoms with Crippen molar-refractivity contribution in [2.24, 2.45) is 0 Å². The normalized spacial score (nSPS) is 16.8. The largest absolute Gasteiger partial charge is 0.309 e. The van der Waals surface area contributed by atoms with Crippen LogP contribution in [0.4, 0.5) is 0 Å². The minimum Gasteiger partial charge on any atom is -0.309 e. The van der Waals surface area contributed by atoms with E-state index in [1.807, 2.05) is 11.3 Å². The van der Waals surface area contributed by atoms with Gasteiger partial charge in [0.1, 0.15) is 0 Å². The van der Waals surface area contributed by atoms with Gasteiger partial charge in [-0.15, -0.1) is 11.3 Å². The minimum absolute atomic E-state index is 0.287. The molecule has 62 heavy (non-hydrogen) atoms. The Morgan fingerprint density at radius 1 is 0.565 bits per heavy atom. The summed E-state index contributed by atoms with van der Waals surface area (Å²) in [5, 5.41) is 9.30. The first-order valence-corrected chi connectivity index (χ1v) is 23.1. The lowest BCUT2D eigenvalue weighted by molar-refractivity contribution is 0.782. The van der Waals surface area contributed by atoms with Crippen LogP contribution in [0.1, 0.15) is 65.7 Å². The van der Waals surface area contributed by atoms with E-state index in [2.05, 4.69) is 193 Å². The molecule has 0 radical (unpaired) electrons. The average molecular weight is 811 g/mol. The number of rotatable bonds is 3. The number of hydrogen-bond acceptors (Lipinski definition) is 1. The third-order valence-electron chi connectivity index (χ3n) is 14.7. The van der Waals surface area contributed by atoms with E-state index in [1.54, 1.807) is 0 Å². The maximum atomic E-state index is 2.76. The zero-order valence-electron chi connectivity index (χ0n) is 34.7. The van der Waals surface area contributed by atoms with Gasteiger partial charge in [0.25, 0.3) is 0 Å². The summed E-state index contributed by atoms with van der Waals surface area (Å²) in [5.74, 6) is 0.592. The molecule has 3 aliphatic rings. The van der Waals surface area contributed by atoms with E-state index >= 15 is 0 Å². The van der Waals surface area contributed by atoms with Gasteiger partial charge in [0, 0.05) is 49.0 Å². The minimum atomic E-state index is 0.287. The van der Waals surface area contributed by atoms with Crippen molar-refractivity contribution in [3.05, 3.63) is 203 Å². The summed E-state index contributed by atoms with van der Waals surface area (Å²) in [4.78, 5) is 1.40. The van der Waals surface area contributed by atoms with Gasteiger partial charge in [-0.1, -0.05) is 153 Å². The highest BCUT2D eigenvalue weighted by Crippen LogP contribution is 2.59. The predicted octanol–water partition coefficient (Wildman–Crippen LogP) is 16.3. The van der Waals surface area contributed by atoms with E-state index in [0.717, 1.165) is 19.3 Å². The molecule has 3 aromatic heterocycles. The topological polar surface area (TPSA) is 9.86 Å². The van der Waals surface area contributed by atoms with Crippen molar-refractivity contribution in [1.82, 2.24) is 9.13 Å². The zero-order chi connectivity index (χ0) is 40.8. The highest BCUT2D eigenvalue weighted by atomic mass is 32.1. The van der Waals surface area contributed by atoms with Crippen LogP contribution < -0.4 is 0 Å². The Hall–Kier alpha value is -6.94. The molecule has 0 N–H and O–H groups in total. The number of thiophene rings is 1. The van der Waals surface area contributed by atoms with Crippen LogP contribution in [0.25, 0.3) is 98.1 Å². The molecule has 2 atom stereocenters. The lowest BCUT2D eigenvalue weighted by Gasteiger charge is -2.30. The molecule has 2 nitrogen and oxygen atoms in total. The molecule has 0 fully saturated rings. The van der Waals surface area contributed by atoms with Gasteiger partial charge in [-0.05, 0) is 111 Å². The highest BCUT2D eigenvalue weighted by molar-refractivity contribution is 7.20. The fraction of sp³-hybridized carbons (Fsp3) is 0.119. The van der Waals surface area contributed by atoms with E-state index < -0.39 is 0 Å². The van der Waals surface area contributed by atoms with Gasteiger partial charge in [-0.25, -0.2) is 0 Å². The Labute approximate surface area is 364 Å². The molecule has 14 rings (SSSR count). The van der Waals surface area contributed by atoms with Crippen LogP contribution in [-0.4, -0.2) is 9.13 Å². The first kappa shape index (κ1) is 34.7. The van der Waals surface area contributed by atoms with E-state index in [0.29, 0.717) is 5.92 Å². The summed E-state index contributed by atoms with van der Waals surface area (Å²) in [6, 6.07) is 62.2. The average Bonchev–Trinajstić information content (AvgIpc) is 4.06. The summed E-state index contributed by atoms with van der Waals surface area (Å²) in [6.45, 7) is 4.84. The van der Waals surface area contributed by atoms with Crippen LogP contribution in [0.3, 0.4) is 0 Å². The number of fused-ring (bicyclic) bond motifs is 17. The van der Waals surface area contributed by atoms with Gasteiger partial charge < -0.3 is 9.13 Å². The molecule has 294 valence electrons. The van der Waals surface area contributed by atoms with Crippen LogP contribution in [-0.2, 0) is 6.42 Å². The molecule has 3 aliphatic carbocycles. The van der Waals surface area contributed by atoms with Crippen molar-refractivity contribution in [1.29, 1.82) is 0 Å². The lowest BCUT2D eigenvalue weighted by Crippen LogP contribution is -2.14. The predicted molar refractivity (Wildman–Crippen MR) is 265 cm³/mol. The molecule has 0 spiro atoms. The Kier molecular flexibility index (Phi) is 7.17. The van der Waals surface area contributed by atoms with Gasteiger partial charge >= 0.3 is 0 Å². The fourth-order valence-corrected chi connectivity index (χ4v) is 13.5. The van der Waals surface area contributed by atoms with Crippen molar-refractivity contribution >= 4 is 87.2 Å². The smallest absolute Gasteiger partial charge is 0.0690 e. The van der Waals surface area contributed by atoms with E-state index in [9.17, 15) is 0 Å². The summed E-state index contributed by atoms with van der Waals surface area (Å²) < 4.78 is 6.71. The van der Waals surface area contributed by atoms with E-state index in [4.69, 9.17) is 0 Å². The van der Waals surface area contributed by atoms with Gasteiger partial charge in [0.05, 0.1) is 32.6 Å². The second-order valence-corrected chi connectivity index (χ2v) is 18.8. The van der Waals surface area contributed by atoms with Crippen LogP contribution in [0.2, 0.25) is 0 Å². The molecule has 0 saturated heterocycles. The van der Waals surface area contributed by atoms with Crippen molar-refractivity contribution in [3.8, 4) is 22.3 Å². The van der Waals surface area contributed by atoms with Crippen LogP contribution in [0.5, 0.6) is 0 Å². The third kappa shape index (κ3) is 4.49. The Morgan fingerprint density at radius 2 is 1.19 bits per heavy atom. The molecular weight excluding hydrogens is 769 g/mol. The molecule has 2 unspecified atom stereocenters. The zero-order valence-corrected chi connectivity index (χ0v) is 35.6. The summed E-state index contributed by atoms with van der Waals surface area (Å²) in [7, 11) is 0. The lowest BCUT2D eigenvalue weighted by atomic mass is 9.75. The SMILES string of the molecule is CCC1=C(n2c3ccccc3c3cc4c5c(c32)-c2ccc3ccccc3c2CC5c2ccccc2-4)c2sc3ccccc3c2C(C)CC=C1n1c2ccccc2c2ccccc21. The maximum absolute atomic E-state index is 2.76. The Balaban J connectivity index is 1.21. The molecule has 3 heterocycles. The monoisotopic (exact) mass is 810 g/mol. The molecule has 11 aromatic rings. The fourth-order valence-electron chi connectivity index (χ4n) is 12.2. The van der Waals surface area contributed by atoms with Gasteiger partial charge in [-0.2, -0.15) is 0 Å². The molecule has 0 aliphatic heterocycles. The van der Waals surface area contributed by atoms with Crippen molar-refractivity contribution in [2.75, 3.05) is 0 Å². The van der Waals surface area contributed by atoms with Gasteiger partial charge in [-0.3, -0.25) is 0 Å². The summed E-state index contributed by atoms with van der Waals surface area (Å²) in [6.07, 6.45) is 5.41. The highest BCUT2D eigenvalue weighted by Gasteiger charge is 2.39. The van der Waals surface area contributed by atoms with Crippen molar-refractivity contribution in [2.45, 2.75) is 44.9 Å². The standard InChI is InChI=1S/C59H42N2S/c1-3-36-52(60-49-24-12-8-20-40(49)41-21-9-13-25-50(41)60)31-28-34(2)54-44-23-11-15-27-53(44)62-59(54)58(36)61-51-26-14-10-22-42(51)48-33-47-39-19-7-6-18-38(39)46-32-45-37-17-5-4-16-35(37)29-30-43(45)56(55(46)47)57(48)61/h4-27,29-31,33-34,46H,3,28,32H2,1-2H3. The third-order valence-corrected chi connectivity index (χ3v) is 15.9. The summed E-state index contributed by atoms with van der Waals surface area (Å²) in [5.41, 5.74) is 20.6. The van der Waals surface area contributed by atoms with Crippen molar-refractivity contribution < 1.29 is 0 Å². The quantitative estimate of drug-likeness (QED) is 0.168.